The van der Waals surface area contributed by atoms with E-state index in [4.69, 9.17) is 4.74 Å². The third-order valence-corrected chi connectivity index (χ3v) is 9.51. The number of hydrogen-bond donors (Lipinski definition) is 2. The van der Waals surface area contributed by atoms with Gasteiger partial charge in [0.05, 0.1) is 22.4 Å². The molecule has 11 heteroatoms. The van der Waals surface area contributed by atoms with Gasteiger partial charge in [0.1, 0.15) is 6.61 Å². The van der Waals surface area contributed by atoms with Gasteiger partial charge in [0.25, 0.3) is 0 Å². The topological polar surface area (TPSA) is 121 Å². The van der Waals surface area contributed by atoms with Gasteiger partial charge in [-0.1, -0.05) is 17.4 Å². The van der Waals surface area contributed by atoms with E-state index in [1.54, 1.807) is 19.3 Å². The summed E-state index contributed by atoms with van der Waals surface area (Å²) in [6, 6.07) is 6.70. The second-order valence-electron chi connectivity index (χ2n) is 11.3. The molecule has 3 fully saturated rings. The first-order valence-electron chi connectivity index (χ1n) is 14.2. The zero-order valence-corrected chi connectivity index (χ0v) is 23.8. The number of anilines is 1. The standard InChI is InChI=1S/C29H36N6O4S/c1-17-15-34(18(2)36)8-9-35(17)22-10-20(11-22)28(38)33-29-32-23-7-6-19(12-26(23)40-29)21-13-30-27(31-14-21)16-39-25-5-3-4-24(25)37/h6-7,12-14,17,20,22,24-25,37H,3-5,8-11,15-16H2,1-2H3,(H,32,33,38)/t17?,20?,22?,24-,25-/m0/s1. The van der Waals surface area contributed by atoms with Crippen molar-refractivity contribution in [2.24, 2.45) is 5.92 Å². The summed E-state index contributed by atoms with van der Waals surface area (Å²) in [5.74, 6) is 0.746. The Morgan fingerprint density at radius 2 is 1.95 bits per heavy atom. The molecule has 1 aromatic carbocycles. The van der Waals surface area contributed by atoms with E-state index in [-0.39, 0.29) is 30.4 Å². The average Bonchev–Trinajstić information content (AvgIpc) is 3.52. The number of nitrogens with zero attached hydrogens (tertiary/aromatic N) is 5. The number of hydrogen-bond acceptors (Lipinski definition) is 9. The van der Waals surface area contributed by atoms with E-state index in [0.29, 0.717) is 23.0 Å². The van der Waals surface area contributed by atoms with E-state index < -0.39 is 6.10 Å². The number of nitrogens with one attached hydrogen (secondary N) is 1. The molecule has 1 unspecified atom stereocenters. The first-order chi connectivity index (χ1) is 19.3. The molecule has 2 saturated carbocycles. The minimum Gasteiger partial charge on any atom is -0.390 e. The Hall–Kier alpha value is -2.99. The van der Waals surface area contributed by atoms with Crippen LogP contribution in [-0.2, 0) is 20.9 Å². The summed E-state index contributed by atoms with van der Waals surface area (Å²) in [7, 11) is 0. The normalized spacial score (nSPS) is 27.1. The molecule has 40 heavy (non-hydrogen) atoms. The highest BCUT2D eigenvalue weighted by atomic mass is 32.1. The molecule has 2 aliphatic carbocycles. The zero-order chi connectivity index (χ0) is 27.8. The first-order valence-corrected chi connectivity index (χ1v) is 15.0. The average molecular weight is 565 g/mol. The molecule has 0 radical (unpaired) electrons. The van der Waals surface area contributed by atoms with Crippen LogP contribution in [0, 0.1) is 5.92 Å². The maximum Gasteiger partial charge on any atom is 0.229 e. The summed E-state index contributed by atoms with van der Waals surface area (Å²) < 4.78 is 6.77. The van der Waals surface area contributed by atoms with Gasteiger partial charge in [-0.2, -0.15) is 0 Å². The van der Waals surface area contributed by atoms with Crippen LogP contribution in [0.3, 0.4) is 0 Å². The molecule has 3 heterocycles. The highest BCUT2D eigenvalue weighted by Gasteiger charge is 2.41. The number of aliphatic hydroxyl groups is 1. The Bertz CT molecular complexity index is 1370. The van der Waals surface area contributed by atoms with Crippen LogP contribution >= 0.6 is 11.3 Å². The number of benzene rings is 1. The molecule has 1 aliphatic heterocycles. The molecule has 3 aliphatic rings. The summed E-state index contributed by atoms with van der Waals surface area (Å²) >= 11 is 1.47. The van der Waals surface area contributed by atoms with Gasteiger partial charge in [-0.25, -0.2) is 15.0 Å². The lowest BCUT2D eigenvalue weighted by Gasteiger charge is -2.49. The molecule has 2 aromatic heterocycles. The largest absolute Gasteiger partial charge is 0.390 e. The Morgan fingerprint density at radius 3 is 2.65 bits per heavy atom. The maximum absolute atomic E-state index is 12.9. The maximum atomic E-state index is 12.9. The Labute approximate surface area is 237 Å². The van der Waals surface area contributed by atoms with Crippen LogP contribution in [0.1, 0.15) is 51.8 Å². The number of ether oxygens (including phenoxy) is 1. The van der Waals surface area contributed by atoms with Crippen LogP contribution in [0.5, 0.6) is 0 Å². The minimum atomic E-state index is -0.393. The van der Waals surface area contributed by atoms with E-state index in [9.17, 15) is 14.7 Å². The van der Waals surface area contributed by atoms with Crippen LogP contribution in [0.15, 0.2) is 30.6 Å². The number of thiazole rings is 1. The Morgan fingerprint density at radius 1 is 1.15 bits per heavy atom. The van der Waals surface area contributed by atoms with Crippen molar-refractivity contribution in [3.05, 3.63) is 36.4 Å². The quantitative estimate of drug-likeness (QED) is 0.448. The molecule has 0 spiro atoms. The van der Waals surface area contributed by atoms with E-state index in [0.717, 1.165) is 73.1 Å². The van der Waals surface area contributed by atoms with Crippen molar-refractivity contribution in [2.75, 3.05) is 25.0 Å². The van der Waals surface area contributed by atoms with E-state index in [1.165, 1.54) is 11.3 Å². The van der Waals surface area contributed by atoms with Gasteiger partial charge < -0.3 is 20.1 Å². The van der Waals surface area contributed by atoms with Gasteiger partial charge in [0.2, 0.25) is 11.8 Å². The predicted octanol–water partition coefficient (Wildman–Crippen LogP) is 3.45. The molecule has 212 valence electrons. The number of amides is 2. The fourth-order valence-electron chi connectivity index (χ4n) is 6.10. The second kappa shape index (κ2) is 11.5. The Balaban J connectivity index is 1.02. The molecular weight excluding hydrogens is 528 g/mol. The lowest BCUT2D eigenvalue weighted by Crippen LogP contribution is -2.59. The van der Waals surface area contributed by atoms with Crippen LogP contribution in [0.4, 0.5) is 5.13 Å². The minimum absolute atomic E-state index is 0.0119. The summed E-state index contributed by atoms with van der Waals surface area (Å²) in [4.78, 5) is 42.5. The number of aromatic nitrogens is 3. The molecule has 10 nitrogen and oxygen atoms in total. The van der Waals surface area contributed by atoms with E-state index >= 15 is 0 Å². The van der Waals surface area contributed by atoms with Gasteiger partial charge in [-0.05, 0) is 56.7 Å². The lowest BCUT2D eigenvalue weighted by molar-refractivity contribution is -0.133. The highest BCUT2D eigenvalue weighted by molar-refractivity contribution is 7.22. The van der Waals surface area contributed by atoms with Gasteiger partial charge in [0.15, 0.2) is 11.0 Å². The fraction of sp³-hybridized carbons (Fsp3) is 0.552. The molecule has 3 atom stereocenters. The van der Waals surface area contributed by atoms with Gasteiger partial charge in [-0.15, -0.1) is 0 Å². The zero-order valence-electron chi connectivity index (χ0n) is 23.0. The second-order valence-corrected chi connectivity index (χ2v) is 12.3. The van der Waals surface area contributed by atoms with Crippen molar-refractivity contribution < 1.29 is 19.4 Å². The van der Waals surface area contributed by atoms with Crippen molar-refractivity contribution >= 4 is 38.5 Å². The van der Waals surface area contributed by atoms with Crippen molar-refractivity contribution in [3.8, 4) is 11.1 Å². The van der Waals surface area contributed by atoms with E-state index in [1.807, 2.05) is 23.1 Å². The van der Waals surface area contributed by atoms with Gasteiger partial charge >= 0.3 is 0 Å². The molecule has 2 amide bonds. The summed E-state index contributed by atoms with van der Waals surface area (Å²) in [5.41, 5.74) is 2.71. The molecular formula is C29H36N6O4S. The fourth-order valence-corrected chi connectivity index (χ4v) is 7.01. The number of rotatable bonds is 7. The highest BCUT2D eigenvalue weighted by Crippen LogP contribution is 2.36. The molecule has 1 saturated heterocycles. The Kier molecular flexibility index (Phi) is 7.80. The van der Waals surface area contributed by atoms with Gasteiger partial charge in [-0.3, -0.25) is 14.5 Å². The van der Waals surface area contributed by atoms with Gasteiger partial charge in [0, 0.05) is 62.5 Å². The van der Waals surface area contributed by atoms with Crippen molar-refractivity contribution in [2.45, 2.75) is 76.9 Å². The summed E-state index contributed by atoms with van der Waals surface area (Å²) in [6.45, 7) is 6.46. The summed E-state index contributed by atoms with van der Waals surface area (Å²) in [6.07, 6.45) is 7.38. The van der Waals surface area contributed by atoms with Crippen LogP contribution < -0.4 is 5.32 Å². The summed E-state index contributed by atoms with van der Waals surface area (Å²) in [5, 5.41) is 13.6. The first kappa shape index (κ1) is 27.2. The lowest BCUT2D eigenvalue weighted by atomic mass is 9.78. The van der Waals surface area contributed by atoms with Crippen LogP contribution in [0.25, 0.3) is 21.3 Å². The number of fused-ring (bicyclic) bond motifs is 1. The van der Waals surface area contributed by atoms with Crippen LogP contribution in [0.2, 0.25) is 0 Å². The third-order valence-electron chi connectivity index (χ3n) is 8.58. The smallest absolute Gasteiger partial charge is 0.229 e. The van der Waals surface area contributed by atoms with Crippen molar-refractivity contribution in [1.29, 1.82) is 0 Å². The SMILES string of the molecule is CC(=O)N1CCN(C2CC(C(=O)Nc3nc4ccc(-c5cnc(CO[C@H]6CCC[C@@H]6O)nc5)cc4s3)C2)C(C)C1. The van der Waals surface area contributed by atoms with Crippen molar-refractivity contribution in [1.82, 2.24) is 24.8 Å². The predicted molar refractivity (Wildman–Crippen MR) is 153 cm³/mol. The molecule has 0 bridgehead atoms. The number of carbonyl (C=O) groups is 2. The van der Waals surface area contributed by atoms with Crippen LogP contribution in [-0.4, -0.2) is 85.6 Å². The van der Waals surface area contributed by atoms with Crippen molar-refractivity contribution in [3.63, 3.8) is 0 Å². The molecule has 3 aromatic rings. The number of piperazine rings is 1. The number of carbonyl (C=O) groups excluding carboxylic acids is 2. The number of aliphatic hydroxyl groups excluding tert-OH is 1. The monoisotopic (exact) mass is 564 g/mol. The molecule has 6 rings (SSSR count). The van der Waals surface area contributed by atoms with E-state index in [2.05, 4.69) is 32.1 Å². The third kappa shape index (κ3) is 5.74. The molecule has 2 N–H and O–H groups in total.